The van der Waals surface area contributed by atoms with E-state index >= 15 is 0 Å². The number of hydrogen-bond acceptors (Lipinski definition) is 2. The number of ether oxygens (including phenoxy) is 1. The standard InChI is InChI=1S/C22H24N2O2/c1-17-8-10-19(11-9-17)21(24-12-3-4-13-24)15-22(25)23-16-18-6-5-7-20(14-18)26-2/h3-14,21H,15-16H2,1-2H3,(H,23,25). The van der Waals surface area contributed by atoms with Crippen LogP contribution in [0.4, 0.5) is 0 Å². The molecule has 26 heavy (non-hydrogen) atoms. The second-order valence-corrected chi connectivity index (χ2v) is 6.39. The maximum absolute atomic E-state index is 12.6. The minimum absolute atomic E-state index is 0.0177. The topological polar surface area (TPSA) is 43.3 Å². The van der Waals surface area contributed by atoms with Crippen molar-refractivity contribution in [3.8, 4) is 5.75 Å². The molecule has 0 aliphatic carbocycles. The fourth-order valence-corrected chi connectivity index (χ4v) is 2.97. The van der Waals surface area contributed by atoms with Crippen LogP contribution in [0, 0.1) is 6.92 Å². The number of carbonyl (C=O) groups is 1. The molecule has 1 atom stereocenters. The molecule has 3 aromatic rings. The molecule has 134 valence electrons. The smallest absolute Gasteiger partial charge is 0.222 e. The molecule has 0 fully saturated rings. The van der Waals surface area contributed by atoms with Crippen LogP contribution in [-0.4, -0.2) is 17.6 Å². The lowest BCUT2D eigenvalue weighted by molar-refractivity contribution is -0.121. The molecular weight excluding hydrogens is 324 g/mol. The summed E-state index contributed by atoms with van der Waals surface area (Å²) >= 11 is 0. The molecule has 0 saturated heterocycles. The number of benzene rings is 2. The number of carbonyl (C=O) groups excluding carboxylic acids is 1. The molecule has 1 aromatic heterocycles. The maximum Gasteiger partial charge on any atom is 0.222 e. The van der Waals surface area contributed by atoms with Gasteiger partial charge in [-0.2, -0.15) is 0 Å². The molecule has 3 rings (SSSR count). The summed E-state index contributed by atoms with van der Waals surface area (Å²) in [4.78, 5) is 12.6. The zero-order valence-electron chi connectivity index (χ0n) is 15.2. The maximum atomic E-state index is 12.6. The highest BCUT2D eigenvalue weighted by atomic mass is 16.5. The largest absolute Gasteiger partial charge is 0.497 e. The lowest BCUT2D eigenvalue weighted by atomic mass is 10.0. The Kier molecular flexibility index (Phi) is 5.74. The van der Waals surface area contributed by atoms with Crippen LogP contribution in [0.1, 0.15) is 29.2 Å². The number of amides is 1. The van der Waals surface area contributed by atoms with Crippen molar-refractivity contribution in [1.29, 1.82) is 0 Å². The number of rotatable bonds is 7. The average molecular weight is 348 g/mol. The van der Waals surface area contributed by atoms with E-state index in [4.69, 9.17) is 4.74 Å². The molecule has 1 amide bonds. The van der Waals surface area contributed by atoms with Crippen LogP contribution in [0.3, 0.4) is 0 Å². The van der Waals surface area contributed by atoms with Gasteiger partial charge in [0.05, 0.1) is 19.6 Å². The Morgan fingerprint density at radius 3 is 2.50 bits per heavy atom. The van der Waals surface area contributed by atoms with Crippen LogP contribution >= 0.6 is 0 Å². The monoisotopic (exact) mass is 348 g/mol. The summed E-state index contributed by atoms with van der Waals surface area (Å²) in [6, 6.07) is 20.0. The molecule has 1 heterocycles. The lowest BCUT2D eigenvalue weighted by Gasteiger charge is -2.19. The molecule has 4 heteroatoms. The molecule has 0 aliphatic heterocycles. The summed E-state index contributed by atoms with van der Waals surface area (Å²) in [5.41, 5.74) is 3.36. The Hall–Kier alpha value is -3.01. The first-order valence-corrected chi connectivity index (χ1v) is 8.74. The van der Waals surface area contributed by atoms with Crippen molar-refractivity contribution in [2.75, 3.05) is 7.11 Å². The van der Waals surface area contributed by atoms with Crippen LogP contribution in [0.15, 0.2) is 73.1 Å². The summed E-state index contributed by atoms with van der Waals surface area (Å²) in [6.45, 7) is 2.55. The second-order valence-electron chi connectivity index (χ2n) is 6.39. The fraction of sp³-hybridized carbons (Fsp3) is 0.227. The normalized spacial score (nSPS) is 11.8. The second kappa shape index (κ2) is 8.39. The zero-order chi connectivity index (χ0) is 18.4. The fourth-order valence-electron chi connectivity index (χ4n) is 2.97. The Morgan fingerprint density at radius 1 is 1.08 bits per heavy atom. The molecule has 1 unspecified atom stereocenters. The molecule has 4 nitrogen and oxygen atoms in total. The van der Waals surface area contributed by atoms with Crippen molar-refractivity contribution in [3.05, 3.63) is 89.7 Å². The van der Waals surface area contributed by atoms with Crippen LogP contribution < -0.4 is 10.1 Å². The predicted molar refractivity (Wildman–Crippen MR) is 103 cm³/mol. The highest BCUT2D eigenvalue weighted by molar-refractivity contribution is 5.76. The van der Waals surface area contributed by atoms with E-state index in [2.05, 4.69) is 41.1 Å². The van der Waals surface area contributed by atoms with Gasteiger partial charge in [0.2, 0.25) is 5.91 Å². The molecule has 0 saturated carbocycles. The Balaban J connectivity index is 1.68. The number of nitrogens with one attached hydrogen (secondary N) is 1. The first kappa shape index (κ1) is 17.8. The quantitative estimate of drug-likeness (QED) is 0.698. The Bertz CT molecular complexity index is 839. The van der Waals surface area contributed by atoms with Crippen LogP contribution in [-0.2, 0) is 11.3 Å². The third-order valence-electron chi connectivity index (χ3n) is 4.45. The molecule has 1 N–H and O–H groups in total. The van der Waals surface area contributed by atoms with E-state index < -0.39 is 0 Å². The van der Waals surface area contributed by atoms with Crippen LogP contribution in [0.25, 0.3) is 0 Å². The van der Waals surface area contributed by atoms with Crippen LogP contribution in [0.2, 0.25) is 0 Å². The summed E-state index contributed by atoms with van der Waals surface area (Å²) < 4.78 is 7.31. The molecule has 0 bridgehead atoms. The predicted octanol–water partition coefficient (Wildman–Crippen LogP) is 4.10. The van der Waals surface area contributed by atoms with E-state index in [-0.39, 0.29) is 11.9 Å². The molecule has 2 aromatic carbocycles. The van der Waals surface area contributed by atoms with E-state index in [9.17, 15) is 4.79 Å². The van der Waals surface area contributed by atoms with E-state index in [0.29, 0.717) is 13.0 Å². The van der Waals surface area contributed by atoms with Gasteiger partial charge in [0.1, 0.15) is 5.75 Å². The summed E-state index contributed by atoms with van der Waals surface area (Å²) in [5.74, 6) is 0.814. The van der Waals surface area contributed by atoms with Crippen molar-refractivity contribution in [1.82, 2.24) is 9.88 Å². The third kappa shape index (κ3) is 4.54. The van der Waals surface area contributed by atoms with Crippen molar-refractivity contribution >= 4 is 5.91 Å². The van der Waals surface area contributed by atoms with Crippen molar-refractivity contribution in [2.24, 2.45) is 0 Å². The molecule has 0 radical (unpaired) electrons. The van der Waals surface area contributed by atoms with E-state index in [1.165, 1.54) is 5.56 Å². The van der Waals surface area contributed by atoms with Crippen molar-refractivity contribution in [3.63, 3.8) is 0 Å². The minimum atomic E-state index is -0.0177. The Labute approximate surface area is 154 Å². The first-order valence-electron chi connectivity index (χ1n) is 8.74. The number of hydrogen-bond donors (Lipinski definition) is 1. The van der Waals surface area contributed by atoms with Gasteiger partial charge in [0, 0.05) is 18.9 Å². The van der Waals surface area contributed by atoms with Gasteiger partial charge in [-0.3, -0.25) is 4.79 Å². The van der Waals surface area contributed by atoms with Gasteiger partial charge in [-0.1, -0.05) is 42.0 Å². The van der Waals surface area contributed by atoms with E-state index in [0.717, 1.165) is 16.9 Å². The SMILES string of the molecule is COc1cccc(CNC(=O)CC(c2ccc(C)cc2)n2cccc2)c1. The highest BCUT2D eigenvalue weighted by Crippen LogP contribution is 2.23. The number of aromatic nitrogens is 1. The molecular formula is C22H24N2O2. The van der Waals surface area contributed by atoms with Gasteiger partial charge in [-0.05, 0) is 42.3 Å². The lowest BCUT2D eigenvalue weighted by Crippen LogP contribution is -2.26. The van der Waals surface area contributed by atoms with Gasteiger partial charge >= 0.3 is 0 Å². The van der Waals surface area contributed by atoms with E-state index in [1.807, 2.05) is 48.8 Å². The highest BCUT2D eigenvalue weighted by Gasteiger charge is 2.17. The van der Waals surface area contributed by atoms with Crippen molar-refractivity contribution in [2.45, 2.75) is 25.9 Å². The average Bonchev–Trinajstić information content (AvgIpc) is 3.20. The molecule has 0 spiro atoms. The molecule has 0 aliphatic rings. The first-order chi connectivity index (χ1) is 12.7. The van der Waals surface area contributed by atoms with Gasteiger partial charge in [0.15, 0.2) is 0 Å². The number of aryl methyl sites for hydroxylation is 1. The summed E-state index contributed by atoms with van der Waals surface area (Å²) in [5, 5.41) is 3.02. The van der Waals surface area contributed by atoms with E-state index in [1.54, 1.807) is 7.11 Å². The minimum Gasteiger partial charge on any atom is -0.497 e. The Morgan fingerprint density at radius 2 is 1.81 bits per heavy atom. The van der Waals surface area contributed by atoms with Crippen molar-refractivity contribution < 1.29 is 9.53 Å². The van der Waals surface area contributed by atoms with Crippen LogP contribution in [0.5, 0.6) is 5.75 Å². The van der Waals surface area contributed by atoms with Gasteiger partial charge in [-0.15, -0.1) is 0 Å². The van der Waals surface area contributed by atoms with Gasteiger partial charge < -0.3 is 14.6 Å². The number of nitrogens with zero attached hydrogens (tertiary/aromatic N) is 1. The summed E-state index contributed by atoms with van der Waals surface area (Å²) in [6.07, 6.45) is 4.39. The zero-order valence-corrected chi connectivity index (χ0v) is 15.2. The van der Waals surface area contributed by atoms with Gasteiger partial charge in [0.25, 0.3) is 0 Å². The third-order valence-corrected chi connectivity index (χ3v) is 4.45. The summed E-state index contributed by atoms with van der Waals surface area (Å²) in [7, 11) is 1.64. The van der Waals surface area contributed by atoms with Gasteiger partial charge in [-0.25, -0.2) is 0 Å². The number of methoxy groups -OCH3 is 1.